The molecule has 3 heterocycles. The van der Waals surface area contributed by atoms with E-state index in [-0.39, 0.29) is 16.8 Å². The zero-order valence-electron chi connectivity index (χ0n) is 18.5. The molecule has 0 N–H and O–H groups in total. The van der Waals surface area contributed by atoms with E-state index in [1.54, 1.807) is 37.7 Å². The lowest BCUT2D eigenvalue weighted by atomic mass is 10.0. The van der Waals surface area contributed by atoms with Crippen molar-refractivity contribution < 1.29 is 23.7 Å². The molecule has 0 saturated heterocycles. The molecule has 8 heteroatoms. The Kier molecular flexibility index (Phi) is 5.16. The highest BCUT2D eigenvalue weighted by molar-refractivity contribution is 6.45. The van der Waals surface area contributed by atoms with Crippen molar-refractivity contribution in [2.75, 3.05) is 0 Å². The van der Waals surface area contributed by atoms with Crippen LogP contribution < -0.4 is 9.67 Å². The van der Waals surface area contributed by atoms with Crippen molar-refractivity contribution in [1.82, 2.24) is 14.7 Å². The van der Waals surface area contributed by atoms with Crippen LogP contribution in [0.2, 0.25) is 0 Å². The van der Waals surface area contributed by atoms with Crippen molar-refractivity contribution in [2.24, 2.45) is 0 Å². The molecule has 0 saturated carbocycles. The predicted octanol–water partition coefficient (Wildman–Crippen LogP) is 2.44. The molecule has 4 rings (SSSR count). The zero-order chi connectivity index (χ0) is 23.3. The molecule has 1 aromatic carbocycles. The quantitative estimate of drug-likeness (QED) is 0.467. The minimum atomic E-state index is -0.544. The summed E-state index contributed by atoms with van der Waals surface area (Å²) >= 11 is 0. The van der Waals surface area contributed by atoms with Gasteiger partial charge in [0.1, 0.15) is 11.4 Å². The SMILES string of the molecule is Cc1cc[n+](C2=C(c3c(C)nn(-c4ccc(F)cc4)c3[O-])C(=O)N(C(C)C)C2=O)cc1C. The van der Waals surface area contributed by atoms with Gasteiger partial charge in [-0.3, -0.25) is 14.5 Å². The number of aryl methyl sites for hydroxylation is 3. The van der Waals surface area contributed by atoms with Crippen LogP contribution in [0.15, 0.2) is 42.7 Å². The second-order valence-corrected chi connectivity index (χ2v) is 8.17. The number of nitrogens with zero attached hydrogens (tertiary/aromatic N) is 4. The number of halogens is 1. The highest BCUT2D eigenvalue weighted by atomic mass is 19.1. The van der Waals surface area contributed by atoms with Crippen LogP contribution in [0.4, 0.5) is 4.39 Å². The minimum Gasteiger partial charge on any atom is -0.858 e. The maximum atomic E-state index is 13.4. The Bertz CT molecular complexity index is 1290. The maximum Gasteiger partial charge on any atom is 0.327 e. The Morgan fingerprint density at radius 1 is 1.00 bits per heavy atom. The van der Waals surface area contributed by atoms with Gasteiger partial charge < -0.3 is 5.11 Å². The van der Waals surface area contributed by atoms with Crippen LogP contribution in [0.5, 0.6) is 5.88 Å². The maximum absolute atomic E-state index is 13.4. The molecule has 3 aromatic rings. The van der Waals surface area contributed by atoms with Crippen molar-refractivity contribution in [2.45, 2.75) is 40.7 Å². The van der Waals surface area contributed by atoms with Crippen molar-refractivity contribution in [3.63, 3.8) is 0 Å². The Balaban J connectivity index is 1.98. The van der Waals surface area contributed by atoms with Crippen LogP contribution in [-0.2, 0) is 9.59 Å². The summed E-state index contributed by atoms with van der Waals surface area (Å²) < 4.78 is 16.1. The Morgan fingerprint density at radius 2 is 1.66 bits per heavy atom. The number of carbonyl (C=O) groups is 2. The van der Waals surface area contributed by atoms with Crippen molar-refractivity contribution >= 4 is 23.1 Å². The summed E-state index contributed by atoms with van der Waals surface area (Å²) in [6.07, 6.45) is 3.47. The molecule has 1 aliphatic heterocycles. The van der Waals surface area contributed by atoms with Gasteiger partial charge in [0.2, 0.25) is 0 Å². The number of rotatable bonds is 4. The number of hydrogen-bond acceptors (Lipinski definition) is 4. The third-order valence-electron chi connectivity index (χ3n) is 5.64. The van der Waals surface area contributed by atoms with Crippen molar-refractivity contribution in [3.8, 4) is 11.6 Å². The van der Waals surface area contributed by atoms with Gasteiger partial charge in [-0.1, -0.05) is 0 Å². The molecule has 1 aliphatic rings. The van der Waals surface area contributed by atoms with E-state index in [0.717, 1.165) is 20.7 Å². The molecular weight excluding hydrogens is 411 g/mol. The van der Waals surface area contributed by atoms with Gasteiger partial charge in [0.15, 0.2) is 12.4 Å². The molecule has 164 valence electrons. The van der Waals surface area contributed by atoms with E-state index in [1.807, 2.05) is 19.9 Å². The van der Waals surface area contributed by atoms with E-state index in [4.69, 9.17) is 0 Å². The van der Waals surface area contributed by atoms with Crippen molar-refractivity contribution in [1.29, 1.82) is 0 Å². The monoisotopic (exact) mass is 434 g/mol. The molecule has 2 aromatic heterocycles. The lowest BCUT2D eigenvalue weighted by molar-refractivity contribution is -0.577. The molecule has 0 atom stereocenters. The highest BCUT2D eigenvalue weighted by Gasteiger charge is 2.47. The summed E-state index contributed by atoms with van der Waals surface area (Å²) in [5, 5.41) is 17.7. The second-order valence-electron chi connectivity index (χ2n) is 8.17. The number of hydrogen-bond donors (Lipinski definition) is 0. The molecule has 32 heavy (non-hydrogen) atoms. The van der Waals surface area contributed by atoms with Gasteiger partial charge >= 0.3 is 5.91 Å². The molecule has 0 unspecified atom stereocenters. The van der Waals surface area contributed by atoms with E-state index < -0.39 is 29.6 Å². The molecule has 0 aliphatic carbocycles. The molecule has 0 fully saturated rings. The first-order valence-electron chi connectivity index (χ1n) is 10.3. The van der Waals surface area contributed by atoms with Gasteiger partial charge in [-0.05, 0) is 70.3 Å². The van der Waals surface area contributed by atoms with Crippen LogP contribution >= 0.6 is 0 Å². The van der Waals surface area contributed by atoms with Gasteiger partial charge in [-0.15, -0.1) is 0 Å². The third kappa shape index (κ3) is 3.28. The first-order valence-corrected chi connectivity index (χ1v) is 10.3. The van der Waals surface area contributed by atoms with Crippen LogP contribution in [0.1, 0.15) is 36.2 Å². The molecule has 0 spiro atoms. The van der Waals surface area contributed by atoms with Crippen LogP contribution in [-0.4, -0.2) is 32.5 Å². The second kappa shape index (κ2) is 7.71. The van der Waals surface area contributed by atoms with E-state index in [0.29, 0.717) is 11.4 Å². The fourth-order valence-corrected chi connectivity index (χ4v) is 3.84. The fourth-order valence-electron chi connectivity index (χ4n) is 3.84. The molecule has 7 nitrogen and oxygen atoms in total. The van der Waals surface area contributed by atoms with Gasteiger partial charge in [0, 0.05) is 23.2 Å². The summed E-state index contributed by atoms with van der Waals surface area (Å²) in [5.74, 6) is -1.99. The smallest absolute Gasteiger partial charge is 0.327 e. The standard InChI is InChI=1S/C24H23FN4O3/c1-13(2)28-22(30)20(21(24(28)32)27-11-10-14(3)15(4)12-27)19-16(5)26-29(23(19)31)18-8-6-17(25)7-9-18/h6-13H,1-5H3. The number of amides is 2. The molecular formula is C24H23FN4O3. The normalized spacial score (nSPS) is 14.3. The lowest BCUT2D eigenvalue weighted by Gasteiger charge is -2.18. The number of benzene rings is 1. The van der Waals surface area contributed by atoms with E-state index >= 15 is 0 Å². The van der Waals surface area contributed by atoms with Crippen LogP contribution in [0, 0.1) is 26.6 Å². The molecule has 0 radical (unpaired) electrons. The first kappa shape index (κ1) is 21.4. The largest absolute Gasteiger partial charge is 0.858 e. The topological polar surface area (TPSA) is 82.1 Å². The van der Waals surface area contributed by atoms with Crippen LogP contribution in [0.3, 0.4) is 0 Å². The van der Waals surface area contributed by atoms with Crippen molar-refractivity contribution in [3.05, 3.63) is 70.9 Å². The lowest BCUT2D eigenvalue weighted by Crippen LogP contribution is -2.42. The Labute approximate surface area is 185 Å². The molecule has 2 amide bonds. The van der Waals surface area contributed by atoms with E-state index in [9.17, 15) is 19.1 Å². The average Bonchev–Trinajstić information content (AvgIpc) is 3.16. The number of aromatic nitrogens is 3. The van der Waals surface area contributed by atoms with E-state index in [1.165, 1.54) is 24.3 Å². The minimum absolute atomic E-state index is 0.0211. The van der Waals surface area contributed by atoms with Gasteiger partial charge in [-0.25, -0.2) is 9.07 Å². The zero-order valence-corrected chi connectivity index (χ0v) is 18.5. The Morgan fingerprint density at radius 3 is 2.25 bits per heavy atom. The third-order valence-corrected chi connectivity index (χ3v) is 5.64. The summed E-state index contributed by atoms with van der Waals surface area (Å²) in [7, 11) is 0. The Hall–Kier alpha value is -3.81. The molecule has 0 bridgehead atoms. The van der Waals surface area contributed by atoms with Gasteiger partial charge in [0.25, 0.3) is 11.6 Å². The van der Waals surface area contributed by atoms with Gasteiger partial charge in [-0.2, -0.15) is 9.67 Å². The fraction of sp³-hybridized carbons (Fsp3) is 0.250. The average molecular weight is 434 g/mol. The summed E-state index contributed by atoms with van der Waals surface area (Å²) in [4.78, 5) is 27.9. The summed E-state index contributed by atoms with van der Waals surface area (Å²) in [6, 6.07) is 6.78. The van der Waals surface area contributed by atoms with E-state index in [2.05, 4.69) is 5.10 Å². The number of imide groups is 1. The van der Waals surface area contributed by atoms with Crippen LogP contribution in [0.25, 0.3) is 17.0 Å². The highest BCUT2D eigenvalue weighted by Crippen LogP contribution is 2.37. The summed E-state index contributed by atoms with van der Waals surface area (Å²) in [5.41, 5.74) is 2.84. The number of carbonyl (C=O) groups excluding carboxylic acids is 2. The van der Waals surface area contributed by atoms with Gasteiger partial charge in [0.05, 0.1) is 11.4 Å². The number of pyridine rings is 1. The first-order chi connectivity index (χ1) is 15.1. The summed E-state index contributed by atoms with van der Waals surface area (Å²) in [6.45, 7) is 8.96. The predicted molar refractivity (Wildman–Crippen MR) is 114 cm³/mol.